The number of hydrogen-bond acceptors (Lipinski definition) is 5. The number of amides is 2. The Kier molecular flexibility index (Phi) is 6.48. The van der Waals surface area contributed by atoms with Crippen LogP contribution >= 0.6 is 23.2 Å². The number of carbonyl (C=O) groups excluding carboxylic acids is 2. The number of aromatic nitrogens is 2. The lowest BCUT2D eigenvalue weighted by molar-refractivity contribution is -0.133. The van der Waals surface area contributed by atoms with E-state index in [0.29, 0.717) is 47.0 Å². The Morgan fingerprint density at radius 1 is 1.12 bits per heavy atom. The van der Waals surface area contributed by atoms with Gasteiger partial charge >= 0.3 is 0 Å². The fraction of sp³-hybridized carbons (Fsp3) is 0.304. The molecule has 0 saturated carbocycles. The molecule has 9 heteroatoms. The van der Waals surface area contributed by atoms with Crippen molar-refractivity contribution in [3.8, 4) is 11.5 Å². The summed E-state index contributed by atoms with van der Waals surface area (Å²) in [6, 6.07) is 12.4. The highest BCUT2D eigenvalue weighted by molar-refractivity contribution is 6.42. The molecule has 1 saturated heterocycles. The molecule has 0 radical (unpaired) electrons. The number of halogens is 2. The van der Waals surface area contributed by atoms with Gasteiger partial charge in [0.15, 0.2) is 5.82 Å². The lowest BCUT2D eigenvalue weighted by Crippen LogP contribution is -2.55. The average molecular weight is 473 g/mol. The van der Waals surface area contributed by atoms with E-state index in [4.69, 9.17) is 27.7 Å². The molecule has 1 aromatic heterocycles. The van der Waals surface area contributed by atoms with Crippen LogP contribution in [-0.4, -0.2) is 57.4 Å². The third-order valence-corrected chi connectivity index (χ3v) is 6.19. The number of piperazine rings is 1. The zero-order chi connectivity index (χ0) is 22.8. The third kappa shape index (κ3) is 4.79. The quantitative estimate of drug-likeness (QED) is 0.566. The van der Waals surface area contributed by atoms with Crippen molar-refractivity contribution >= 4 is 35.0 Å². The SMILES string of the molecule is Cc1cccc(-c2nc(CC(=O)N3CCN(C(=O)c4ccc(Cl)c(Cl)c4)C(C)C3)no2)c1. The minimum Gasteiger partial charge on any atom is -0.338 e. The van der Waals surface area contributed by atoms with Gasteiger partial charge in [-0.25, -0.2) is 0 Å². The summed E-state index contributed by atoms with van der Waals surface area (Å²) in [6.45, 7) is 5.18. The third-order valence-electron chi connectivity index (χ3n) is 5.45. The molecule has 4 rings (SSSR count). The molecule has 2 amide bonds. The highest BCUT2D eigenvalue weighted by Crippen LogP contribution is 2.24. The highest BCUT2D eigenvalue weighted by atomic mass is 35.5. The maximum absolute atomic E-state index is 12.9. The number of rotatable bonds is 4. The predicted octanol–water partition coefficient (Wildman–Crippen LogP) is 4.27. The zero-order valence-electron chi connectivity index (χ0n) is 17.7. The second-order valence-electron chi connectivity index (χ2n) is 7.88. The summed E-state index contributed by atoms with van der Waals surface area (Å²) in [5, 5.41) is 4.69. The Labute approximate surface area is 195 Å². The van der Waals surface area contributed by atoms with Crippen molar-refractivity contribution in [3.63, 3.8) is 0 Å². The summed E-state index contributed by atoms with van der Waals surface area (Å²) in [4.78, 5) is 33.5. The van der Waals surface area contributed by atoms with Crippen molar-refractivity contribution in [2.45, 2.75) is 26.3 Å². The first-order valence-corrected chi connectivity index (χ1v) is 11.0. The van der Waals surface area contributed by atoms with Crippen LogP contribution < -0.4 is 0 Å². The molecule has 2 aromatic carbocycles. The molecule has 1 aliphatic rings. The first-order valence-electron chi connectivity index (χ1n) is 10.2. The Morgan fingerprint density at radius 2 is 1.94 bits per heavy atom. The van der Waals surface area contributed by atoms with E-state index < -0.39 is 0 Å². The average Bonchev–Trinajstić information content (AvgIpc) is 3.23. The summed E-state index contributed by atoms with van der Waals surface area (Å²) in [7, 11) is 0. The van der Waals surface area contributed by atoms with Crippen LogP contribution in [0.4, 0.5) is 0 Å². The molecule has 166 valence electrons. The fourth-order valence-electron chi connectivity index (χ4n) is 3.75. The van der Waals surface area contributed by atoms with Crippen molar-refractivity contribution in [2.75, 3.05) is 19.6 Å². The van der Waals surface area contributed by atoms with E-state index in [1.807, 2.05) is 38.1 Å². The van der Waals surface area contributed by atoms with E-state index in [-0.39, 0.29) is 24.3 Å². The van der Waals surface area contributed by atoms with E-state index in [1.54, 1.807) is 28.0 Å². The van der Waals surface area contributed by atoms with E-state index in [1.165, 1.54) is 0 Å². The number of hydrogen-bond donors (Lipinski definition) is 0. The van der Waals surface area contributed by atoms with Crippen molar-refractivity contribution in [1.82, 2.24) is 19.9 Å². The van der Waals surface area contributed by atoms with Crippen LogP contribution in [0.15, 0.2) is 47.0 Å². The summed E-state index contributed by atoms with van der Waals surface area (Å²) < 4.78 is 5.33. The van der Waals surface area contributed by atoms with Crippen LogP contribution in [0.2, 0.25) is 10.0 Å². The van der Waals surface area contributed by atoms with Gasteiger partial charge < -0.3 is 14.3 Å². The maximum atomic E-state index is 12.9. The lowest BCUT2D eigenvalue weighted by atomic mass is 10.1. The molecule has 1 fully saturated rings. The molecule has 2 heterocycles. The zero-order valence-corrected chi connectivity index (χ0v) is 19.2. The van der Waals surface area contributed by atoms with Crippen molar-refractivity contribution in [2.24, 2.45) is 0 Å². The Balaban J connectivity index is 1.37. The normalized spacial score (nSPS) is 16.3. The van der Waals surface area contributed by atoms with E-state index in [0.717, 1.165) is 11.1 Å². The fourth-order valence-corrected chi connectivity index (χ4v) is 4.05. The lowest BCUT2D eigenvalue weighted by Gasteiger charge is -2.40. The predicted molar refractivity (Wildman–Crippen MR) is 122 cm³/mol. The monoisotopic (exact) mass is 472 g/mol. The standard InChI is InChI=1S/C23H22Cl2N4O3/c1-14-4-3-5-16(10-14)22-26-20(27-32-22)12-21(30)28-8-9-29(15(2)13-28)23(31)17-6-7-18(24)19(25)11-17/h3-7,10-11,15H,8-9,12-13H2,1-2H3. The first-order chi connectivity index (χ1) is 15.3. The summed E-state index contributed by atoms with van der Waals surface area (Å²) in [5.41, 5.74) is 2.38. The smallest absolute Gasteiger partial charge is 0.257 e. The van der Waals surface area contributed by atoms with Gasteiger partial charge in [-0.1, -0.05) is 46.1 Å². The number of benzene rings is 2. The van der Waals surface area contributed by atoms with Crippen LogP contribution in [0.25, 0.3) is 11.5 Å². The van der Waals surface area contributed by atoms with Gasteiger partial charge in [0.1, 0.15) is 0 Å². The largest absolute Gasteiger partial charge is 0.338 e. The number of aryl methyl sites for hydroxylation is 1. The highest BCUT2D eigenvalue weighted by Gasteiger charge is 2.31. The molecule has 1 aliphatic heterocycles. The van der Waals surface area contributed by atoms with E-state index >= 15 is 0 Å². The van der Waals surface area contributed by atoms with Crippen LogP contribution in [0.5, 0.6) is 0 Å². The molecular formula is C23H22Cl2N4O3. The van der Waals surface area contributed by atoms with Gasteiger partial charge in [0, 0.05) is 36.8 Å². The molecule has 3 aromatic rings. The second-order valence-corrected chi connectivity index (χ2v) is 8.69. The summed E-state index contributed by atoms with van der Waals surface area (Å²) in [6.07, 6.45) is 0.0444. The van der Waals surface area contributed by atoms with Crippen LogP contribution in [0, 0.1) is 6.92 Å². The molecule has 1 atom stereocenters. The molecule has 1 unspecified atom stereocenters. The molecule has 0 N–H and O–H groups in total. The molecule has 0 spiro atoms. The molecule has 32 heavy (non-hydrogen) atoms. The molecular weight excluding hydrogens is 451 g/mol. The topological polar surface area (TPSA) is 79.5 Å². The Morgan fingerprint density at radius 3 is 2.66 bits per heavy atom. The van der Waals surface area contributed by atoms with Crippen molar-refractivity contribution in [3.05, 3.63) is 69.5 Å². The van der Waals surface area contributed by atoms with Gasteiger partial charge in [-0.15, -0.1) is 0 Å². The molecule has 0 aliphatic carbocycles. The Bertz CT molecular complexity index is 1160. The summed E-state index contributed by atoms with van der Waals surface area (Å²) in [5.74, 6) is 0.495. The number of nitrogens with zero attached hydrogens (tertiary/aromatic N) is 4. The number of carbonyl (C=O) groups is 2. The maximum Gasteiger partial charge on any atom is 0.257 e. The minimum atomic E-state index is -0.150. The molecule has 0 bridgehead atoms. The van der Waals surface area contributed by atoms with Crippen LogP contribution in [0.1, 0.15) is 28.7 Å². The van der Waals surface area contributed by atoms with Crippen LogP contribution in [-0.2, 0) is 11.2 Å². The molecule has 7 nitrogen and oxygen atoms in total. The second kappa shape index (κ2) is 9.30. The van der Waals surface area contributed by atoms with Gasteiger partial charge in [-0.2, -0.15) is 4.98 Å². The van der Waals surface area contributed by atoms with Gasteiger partial charge in [-0.3, -0.25) is 9.59 Å². The van der Waals surface area contributed by atoms with Gasteiger partial charge in [0.05, 0.1) is 16.5 Å². The van der Waals surface area contributed by atoms with Gasteiger partial charge in [0.25, 0.3) is 11.8 Å². The minimum absolute atomic E-state index is 0.0444. The van der Waals surface area contributed by atoms with Gasteiger partial charge in [-0.05, 0) is 44.2 Å². The summed E-state index contributed by atoms with van der Waals surface area (Å²) >= 11 is 12.0. The van der Waals surface area contributed by atoms with E-state index in [9.17, 15) is 9.59 Å². The van der Waals surface area contributed by atoms with Crippen LogP contribution in [0.3, 0.4) is 0 Å². The van der Waals surface area contributed by atoms with Gasteiger partial charge in [0.2, 0.25) is 5.91 Å². The van der Waals surface area contributed by atoms with E-state index in [2.05, 4.69) is 10.1 Å². The Hall–Kier alpha value is -2.90. The first kappa shape index (κ1) is 22.3. The van der Waals surface area contributed by atoms with Crippen molar-refractivity contribution < 1.29 is 14.1 Å². The van der Waals surface area contributed by atoms with Crippen molar-refractivity contribution in [1.29, 1.82) is 0 Å².